The van der Waals surface area contributed by atoms with Gasteiger partial charge in [-0.2, -0.15) is 0 Å². The van der Waals surface area contributed by atoms with Gasteiger partial charge in [-0.05, 0) is 43.6 Å². The molecule has 0 aliphatic rings. The lowest BCUT2D eigenvalue weighted by atomic mass is 10.0. The van der Waals surface area contributed by atoms with Crippen LogP contribution in [0.15, 0.2) is 30.3 Å². The summed E-state index contributed by atoms with van der Waals surface area (Å²) in [5.41, 5.74) is 0.635. The van der Waals surface area contributed by atoms with Gasteiger partial charge in [0, 0.05) is 5.56 Å². The number of ether oxygens (including phenoxy) is 1. The largest absolute Gasteiger partial charge is 0.485 e. The van der Waals surface area contributed by atoms with Gasteiger partial charge in [-0.25, -0.2) is 0 Å². The number of amides is 1. The van der Waals surface area contributed by atoms with Crippen molar-refractivity contribution in [1.29, 1.82) is 0 Å². The third-order valence-electron chi connectivity index (χ3n) is 2.62. The first-order chi connectivity index (χ1) is 9.04. The monoisotopic (exact) mass is 279 g/mol. The molecule has 19 heavy (non-hydrogen) atoms. The molecular weight excluding hydrogens is 258 g/mol. The van der Waals surface area contributed by atoms with Crippen molar-refractivity contribution >= 4 is 23.2 Å². The second kappa shape index (κ2) is 7.89. The van der Waals surface area contributed by atoms with Crippen LogP contribution in [0.25, 0.3) is 0 Å². The molecule has 0 radical (unpaired) electrons. The Balaban J connectivity index is 2.71. The Morgan fingerprint density at radius 1 is 1.32 bits per heavy atom. The van der Waals surface area contributed by atoms with Gasteiger partial charge in [0.25, 0.3) is 5.91 Å². The number of rotatable bonds is 6. The Kier molecular flexibility index (Phi) is 6.50. The molecular formula is C15H21NO2S. The summed E-state index contributed by atoms with van der Waals surface area (Å²) in [6, 6.07) is 8.91. The number of carbonyl (C=O) groups is 1. The molecule has 1 amide bonds. The first-order valence-electron chi connectivity index (χ1n) is 6.57. The first-order valence-corrected chi connectivity index (χ1v) is 6.98. The van der Waals surface area contributed by atoms with Crippen LogP contribution in [0.1, 0.15) is 37.6 Å². The average molecular weight is 279 g/mol. The van der Waals surface area contributed by atoms with E-state index in [0.29, 0.717) is 23.1 Å². The zero-order chi connectivity index (χ0) is 14.3. The Hall–Kier alpha value is -1.42. The molecule has 0 aliphatic carbocycles. The van der Waals surface area contributed by atoms with Gasteiger partial charge in [0.1, 0.15) is 0 Å². The standard InChI is InChI=1S/C15H21NO2S/c1-4-18-15(19)13(10-11(2)3)16-14(17)12-8-6-5-7-9-12/h5-9,11,13H,4,10H2,1-3H3,(H,16,17). The Morgan fingerprint density at radius 2 is 1.95 bits per heavy atom. The fraction of sp³-hybridized carbons (Fsp3) is 0.467. The normalized spacial score (nSPS) is 12.0. The van der Waals surface area contributed by atoms with Gasteiger partial charge in [-0.1, -0.05) is 32.0 Å². The second-order valence-corrected chi connectivity index (χ2v) is 5.18. The molecule has 1 unspecified atom stereocenters. The molecule has 0 heterocycles. The zero-order valence-corrected chi connectivity index (χ0v) is 12.5. The molecule has 1 atom stereocenters. The van der Waals surface area contributed by atoms with E-state index < -0.39 is 0 Å². The Labute approximate surface area is 120 Å². The van der Waals surface area contributed by atoms with Crippen LogP contribution < -0.4 is 5.32 Å². The molecule has 4 heteroatoms. The summed E-state index contributed by atoms with van der Waals surface area (Å²) < 4.78 is 5.36. The van der Waals surface area contributed by atoms with Crippen LogP contribution in [0, 0.1) is 5.92 Å². The summed E-state index contributed by atoms with van der Waals surface area (Å²) in [5, 5.41) is 3.40. The van der Waals surface area contributed by atoms with Gasteiger partial charge in [0.05, 0.1) is 12.6 Å². The van der Waals surface area contributed by atoms with Crippen molar-refractivity contribution in [2.75, 3.05) is 6.61 Å². The minimum atomic E-state index is -0.220. The third-order valence-corrected chi connectivity index (χ3v) is 3.02. The van der Waals surface area contributed by atoms with Gasteiger partial charge in [-0.15, -0.1) is 0 Å². The van der Waals surface area contributed by atoms with Crippen molar-refractivity contribution in [2.24, 2.45) is 5.92 Å². The summed E-state index contributed by atoms with van der Waals surface area (Å²) in [6.45, 7) is 6.60. The topological polar surface area (TPSA) is 38.3 Å². The summed E-state index contributed by atoms with van der Waals surface area (Å²) in [5.74, 6) is 0.313. The maximum Gasteiger partial charge on any atom is 0.251 e. The number of nitrogens with one attached hydrogen (secondary N) is 1. The molecule has 0 spiro atoms. The van der Waals surface area contributed by atoms with Crippen LogP contribution in [0.2, 0.25) is 0 Å². The predicted octanol–water partition coefficient (Wildman–Crippen LogP) is 3.20. The first kappa shape index (κ1) is 15.6. The fourth-order valence-electron chi connectivity index (χ4n) is 1.76. The Morgan fingerprint density at radius 3 is 2.47 bits per heavy atom. The quantitative estimate of drug-likeness (QED) is 0.813. The molecule has 0 saturated carbocycles. The van der Waals surface area contributed by atoms with Crippen molar-refractivity contribution in [1.82, 2.24) is 5.32 Å². The number of benzene rings is 1. The summed E-state index contributed by atoms with van der Waals surface area (Å²) in [4.78, 5) is 12.1. The minimum Gasteiger partial charge on any atom is -0.485 e. The van der Waals surface area contributed by atoms with E-state index in [2.05, 4.69) is 19.2 Å². The van der Waals surface area contributed by atoms with Crippen molar-refractivity contribution < 1.29 is 9.53 Å². The van der Waals surface area contributed by atoms with Crippen molar-refractivity contribution in [3.8, 4) is 0 Å². The number of thiocarbonyl (C=S) groups is 1. The van der Waals surface area contributed by atoms with Crippen LogP contribution in [0.5, 0.6) is 0 Å². The van der Waals surface area contributed by atoms with Crippen LogP contribution in [0.3, 0.4) is 0 Å². The molecule has 0 fully saturated rings. The molecule has 1 aromatic rings. The van der Waals surface area contributed by atoms with Crippen LogP contribution >= 0.6 is 12.2 Å². The van der Waals surface area contributed by atoms with E-state index in [-0.39, 0.29) is 11.9 Å². The van der Waals surface area contributed by atoms with Crippen molar-refractivity contribution in [3.63, 3.8) is 0 Å². The van der Waals surface area contributed by atoms with Gasteiger partial charge < -0.3 is 10.1 Å². The molecule has 1 rings (SSSR count). The van der Waals surface area contributed by atoms with Gasteiger partial charge >= 0.3 is 0 Å². The summed E-state index contributed by atoms with van der Waals surface area (Å²) in [7, 11) is 0. The molecule has 0 aromatic heterocycles. The second-order valence-electron chi connectivity index (χ2n) is 4.77. The SMILES string of the molecule is CCOC(=S)C(CC(C)C)NC(=O)c1ccccc1. The molecule has 1 N–H and O–H groups in total. The number of hydrogen-bond acceptors (Lipinski definition) is 3. The van der Waals surface area contributed by atoms with E-state index in [1.165, 1.54) is 0 Å². The van der Waals surface area contributed by atoms with Gasteiger partial charge in [0.2, 0.25) is 0 Å². The van der Waals surface area contributed by atoms with E-state index in [0.717, 1.165) is 6.42 Å². The minimum absolute atomic E-state index is 0.117. The van der Waals surface area contributed by atoms with E-state index in [1.54, 1.807) is 12.1 Å². The van der Waals surface area contributed by atoms with E-state index in [1.807, 2.05) is 25.1 Å². The Bertz CT molecular complexity index is 417. The highest BCUT2D eigenvalue weighted by molar-refractivity contribution is 7.80. The molecule has 0 aliphatic heterocycles. The molecule has 0 bridgehead atoms. The van der Waals surface area contributed by atoms with Gasteiger partial charge in [-0.3, -0.25) is 4.79 Å². The third kappa shape index (κ3) is 5.39. The lowest BCUT2D eigenvalue weighted by molar-refractivity contribution is 0.0939. The molecule has 1 aromatic carbocycles. The lowest BCUT2D eigenvalue weighted by Crippen LogP contribution is -2.41. The average Bonchev–Trinajstić information content (AvgIpc) is 2.38. The highest BCUT2D eigenvalue weighted by Crippen LogP contribution is 2.09. The predicted molar refractivity (Wildman–Crippen MR) is 81.4 cm³/mol. The van der Waals surface area contributed by atoms with Gasteiger partial charge in [0.15, 0.2) is 5.05 Å². The molecule has 0 saturated heterocycles. The summed E-state index contributed by atoms with van der Waals surface area (Å²) in [6.07, 6.45) is 0.775. The highest BCUT2D eigenvalue weighted by atomic mass is 32.1. The van der Waals surface area contributed by atoms with Crippen LogP contribution in [-0.4, -0.2) is 23.6 Å². The fourth-order valence-corrected chi connectivity index (χ4v) is 2.03. The molecule has 104 valence electrons. The van der Waals surface area contributed by atoms with E-state index in [9.17, 15) is 4.79 Å². The highest BCUT2D eigenvalue weighted by Gasteiger charge is 2.20. The number of hydrogen-bond donors (Lipinski definition) is 1. The van der Waals surface area contributed by atoms with E-state index in [4.69, 9.17) is 17.0 Å². The zero-order valence-electron chi connectivity index (χ0n) is 11.7. The summed E-state index contributed by atoms with van der Waals surface area (Å²) >= 11 is 5.22. The maximum atomic E-state index is 12.1. The molecule has 3 nitrogen and oxygen atoms in total. The van der Waals surface area contributed by atoms with Crippen LogP contribution in [0.4, 0.5) is 0 Å². The maximum absolute atomic E-state index is 12.1. The van der Waals surface area contributed by atoms with Crippen LogP contribution in [-0.2, 0) is 4.74 Å². The van der Waals surface area contributed by atoms with Crippen molar-refractivity contribution in [3.05, 3.63) is 35.9 Å². The van der Waals surface area contributed by atoms with Crippen molar-refractivity contribution in [2.45, 2.75) is 33.2 Å². The lowest BCUT2D eigenvalue weighted by Gasteiger charge is -2.21. The van der Waals surface area contributed by atoms with E-state index >= 15 is 0 Å². The smallest absolute Gasteiger partial charge is 0.251 e. The number of carbonyl (C=O) groups excluding carboxylic acids is 1.